The van der Waals surface area contributed by atoms with Crippen molar-refractivity contribution in [2.24, 2.45) is 0 Å². The highest BCUT2D eigenvalue weighted by molar-refractivity contribution is 9.10. The van der Waals surface area contributed by atoms with Crippen molar-refractivity contribution in [1.29, 1.82) is 0 Å². The molecule has 0 aliphatic carbocycles. The maximum Gasteiger partial charge on any atom is 0.272 e. The Morgan fingerprint density at radius 3 is 2.67 bits per heavy atom. The Morgan fingerprint density at radius 1 is 1.33 bits per heavy atom. The van der Waals surface area contributed by atoms with Gasteiger partial charge in [-0.25, -0.2) is 4.39 Å². The van der Waals surface area contributed by atoms with Crippen LogP contribution < -0.4 is 10.1 Å². The van der Waals surface area contributed by atoms with Crippen LogP contribution in [0.3, 0.4) is 0 Å². The van der Waals surface area contributed by atoms with Crippen molar-refractivity contribution in [3.63, 3.8) is 0 Å². The Labute approximate surface area is 129 Å². The summed E-state index contributed by atoms with van der Waals surface area (Å²) in [7, 11) is 1.84. The molecule has 2 aromatic carbocycles. The van der Waals surface area contributed by atoms with E-state index in [9.17, 15) is 14.5 Å². The molecule has 0 radical (unpaired) electrons. The topological polar surface area (TPSA) is 64.4 Å². The number of benzene rings is 2. The molecular formula is C14H12BrFN2O3. The van der Waals surface area contributed by atoms with E-state index in [1.807, 2.05) is 13.1 Å². The van der Waals surface area contributed by atoms with E-state index in [2.05, 4.69) is 21.2 Å². The van der Waals surface area contributed by atoms with Crippen LogP contribution in [0.25, 0.3) is 0 Å². The Hall–Kier alpha value is -1.99. The first kappa shape index (κ1) is 15.4. The molecule has 0 aliphatic rings. The van der Waals surface area contributed by atoms with E-state index < -0.39 is 10.7 Å². The van der Waals surface area contributed by atoms with Gasteiger partial charge in [0.25, 0.3) is 5.69 Å². The molecule has 0 spiro atoms. The molecule has 0 amide bonds. The number of nitrogens with zero attached hydrogens (tertiary/aromatic N) is 1. The normalized spacial score (nSPS) is 10.4. The monoisotopic (exact) mass is 354 g/mol. The van der Waals surface area contributed by atoms with Crippen molar-refractivity contribution >= 4 is 21.6 Å². The third kappa shape index (κ3) is 3.77. The number of nitro groups is 1. The van der Waals surface area contributed by atoms with Crippen LogP contribution in [0.15, 0.2) is 40.9 Å². The van der Waals surface area contributed by atoms with Gasteiger partial charge < -0.3 is 10.1 Å². The molecule has 5 nitrogen and oxygen atoms in total. The van der Waals surface area contributed by atoms with E-state index in [4.69, 9.17) is 4.74 Å². The highest BCUT2D eigenvalue weighted by Crippen LogP contribution is 2.30. The average Bonchev–Trinajstić information content (AvgIpc) is 2.44. The quantitative estimate of drug-likeness (QED) is 0.650. The van der Waals surface area contributed by atoms with Gasteiger partial charge in [-0.1, -0.05) is 22.0 Å². The zero-order valence-electron chi connectivity index (χ0n) is 11.1. The van der Waals surface area contributed by atoms with Crippen molar-refractivity contribution in [2.45, 2.75) is 6.54 Å². The summed E-state index contributed by atoms with van der Waals surface area (Å²) in [6, 6.07) is 8.54. The fraction of sp³-hybridized carbons (Fsp3) is 0.143. The summed E-state index contributed by atoms with van der Waals surface area (Å²) >= 11 is 3.41. The van der Waals surface area contributed by atoms with Crippen LogP contribution in [-0.4, -0.2) is 12.0 Å². The van der Waals surface area contributed by atoms with Gasteiger partial charge in [-0.3, -0.25) is 10.1 Å². The first-order chi connectivity index (χ1) is 10.0. The van der Waals surface area contributed by atoms with E-state index in [1.54, 1.807) is 12.1 Å². The van der Waals surface area contributed by atoms with Crippen LogP contribution >= 0.6 is 15.9 Å². The maximum atomic E-state index is 13.7. The highest BCUT2D eigenvalue weighted by atomic mass is 79.9. The molecule has 0 saturated heterocycles. The molecule has 110 valence electrons. The van der Waals surface area contributed by atoms with E-state index >= 15 is 0 Å². The van der Waals surface area contributed by atoms with Crippen LogP contribution in [0.2, 0.25) is 0 Å². The van der Waals surface area contributed by atoms with Crippen molar-refractivity contribution in [3.8, 4) is 11.5 Å². The molecule has 0 bridgehead atoms. The molecule has 0 heterocycles. The summed E-state index contributed by atoms with van der Waals surface area (Å²) in [6.07, 6.45) is 0. The molecular weight excluding hydrogens is 343 g/mol. The van der Waals surface area contributed by atoms with Crippen molar-refractivity contribution in [1.82, 2.24) is 5.32 Å². The number of hydrogen-bond acceptors (Lipinski definition) is 4. The molecule has 0 fully saturated rings. The lowest BCUT2D eigenvalue weighted by Gasteiger charge is -2.09. The Bertz CT molecular complexity index is 679. The second-order valence-electron chi connectivity index (χ2n) is 4.26. The molecule has 0 unspecified atom stereocenters. The lowest BCUT2D eigenvalue weighted by atomic mass is 10.2. The predicted molar refractivity (Wildman–Crippen MR) is 80.0 cm³/mol. The summed E-state index contributed by atoms with van der Waals surface area (Å²) in [5.74, 6) is -0.400. The molecule has 0 aromatic heterocycles. The number of non-ortho nitro benzene ring substituents is 1. The second kappa shape index (κ2) is 6.64. The minimum absolute atomic E-state index is 0.0612. The fourth-order valence-electron chi connectivity index (χ4n) is 1.74. The van der Waals surface area contributed by atoms with Crippen LogP contribution in [0.1, 0.15) is 5.56 Å². The van der Waals surface area contributed by atoms with Crippen LogP contribution in [0.4, 0.5) is 10.1 Å². The van der Waals surface area contributed by atoms with Gasteiger partial charge in [-0.15, -0.1) is 0 Å². The number of nitrogens with one attached hydrogen (secondary N) is 1. The zero-order chi connectivity index (χ0) is 15.4. The maximum absolute atomic E-state index is 13.7. The molecule has 7 heteroatoms. The number of hydrogen-bond donors (Lipinski definition) is 1. The summed E-state index contributed by atoms with van der Waals surface area (Å²) in [4.78, 5) is 9.90. The van der Waals surface area contributed by atoms with Crippen molar-refractivity contribution < 1.29 is 14.1 Å². The summed E-state index contributed by atoms with van der Waals surface area (Å²) in [5, 5.41) is 13.6. The summed E-state index contributed by atoms with van der Waals surface area (Å²) < 4.78 is 20.0. The van der Waals surface area contributed by atoms with E-state index in [0.29, 0.717) is 12.3 Å². The number of rotatable bonds is 5. The van der Waals surface area contributed by atoms with Gasteiger partial charge in [-0.2, -0.15) is 0 Å². The van der Waals surface area contributed by atoms with Crippen molar-refractivity contribution in [2.75, 3.05) is 7.05 Å². The van der Waals surface area contributed by atoms with Gasteiger partial charge in [0.1, 0.15) is 5.75 Å². The van der Waals surface area contributed by atoms with Crippen LogP contribution in [0, 0.1) is 15.9 Å². The smallest absolute Gasteiger partial charge is 0.272 e. The van der Waals surface area contributed by atoms with Gasteiger partial charge in [0.05, 0.1) is 11.0 Å². The van der Waals surface area contributed by atoms with E-state index in [1.165, 1.54) is 12.1 Å². The third-order valence-corrected chi connectivity index (χ3v) is 3.48. The lowest BCUT2D eigenvalue weighted by molar-refractivity contribution is -0.385. The first-order valence-corrected chi connectivity index (χ1v) is 6.85. The molecule has 2 rings (SSSR count). The Balaban J connectivity index is 2.22. The van der Waals surface area contributed by atoms with Crippen molar-refractivity contribution in [3.05, 3.63) is 62.4 Å². The molecule has 0 atom stereocenters. The van der Waals surface area contributed by atoms with Gasteiger partial charge in [0.2, 0.25) is 0 Å². The van der Waals surface area contributed by atoms with Gasteiger partial charge in [-0.05, 0) is 30.8 Å². The summed E-state index contributed by atoms with van der Waals surface area (Å²) in [6.45, 7) is 0.687. The SMILES string of the molecule is CNCc1ccc(Oc2ccc([N+](=O)[O-])cc2F)cc1Br. The lowest BCUT2D eigenvalue weighted by Crippen LogP contribution is -2.05. The molecule has 0 saturated carbocycles. The van der Waals surface area contributed by atoms with Gasteiger partial charge >= 0.3 is 0 Å². The minimum Gasteiger partial charge on any atom is -0.454 e. The molecule has 21 heavy (non-hydrogen) atoms. The Kier molecular flexibility index (Phi) is 4.87. The average molecular weight is 355 g/mol. The number of ether oxygens (including phenoxy) is 1. The number of halogens is 2. The molecule has 0 aliphatic heterocycles. The van der Waals surface area contributed by atoms with Crippen LogP contribution in [-0.2, 0) is 6.54 Å². The summed E-state index contributed by atoms with van der Waals surface area (Å²) in [5.41, 5.74) is 0.722. The first-order valence-electron chi connectivity index (χ1n) is 6.06. The zero-order valence-corrected chi connectivity index (χ0v) is 12.7. The third-order valence-electron chi connectivity index (χ3n) is 2.75. The molecule has 2 aromatic rings. The van der Waals surface area contributed by atoms with Gasteiger partial charge in [0, 0.05) is 17.1 Å². The Morgan fingerprint density at radius 2 is 2.10 bits per heavy atom. The largest absolute Gasteiger partial charge is 0.454 e. The predicted octanol–water partition coefficient (Wildman–Crippen LogP) is 4.01. The van der Waals surface area contributed by atoms with E-state index in [0.717, 1.165) is 16.1 Å². The van der Waals surface area contributed by atoms with E-state index in [-0.39, 0.29) is 11.4 Å². The van der Waals surface area contributed by atoms with Gasteiger partial charge in [0.15, 0.2) is 11.6 Å². The standard InChI is InChI=1S/C14H12BrFN2O3/c1-17-8-9-2-4-11(7-12(9)15)21-14-5-3-10(18(19)20)6-13(14)16/h2-7,17H,8H2,1H3. The highest BCUT2D eigenvalue weighted by Gasteiger charge is 2.12. The van der Waals surface area contributed by atoms with Crippen LogP contribution in [0.5, 0.6) is 11.5 Å². The minimum atomic E-state index is -0.778. The molecule has 1 N–H and O–H groups in total. The fourth-order valence-corrected chi connectivity index (χ4v) is 2.24. The number of nitro benzene ring substituents is 1. The second-order valence-corrected chi connectivity index (χ2v) is 5.11.